The van der Waals surface area contributed by atoms with Crippen LogP contribution in [0.15, 0.2) is 52.5 Å². The van der Waals surface area contributed by atoms with Gasteiger partial charge in [0.2, 0.25) is 0 Å². The van der Waals surface area contributed by atoms with Gasteiger partial charge in [0.25, 0.3) is 0 Å². The Balaban J connectivity index is 2.24. The highest BCUT2D eigenvalue weighted by Crippen LogP contribution is 2.27. The molecule has 2 rings (SSSR count). The maximum Gasteiger partial charge on any atom is 0.123 e. The SMILES string of the molecule is Cc1cc(Sc2ccccn2)ccc1C(=N)N. The maximum atomic E-state index is 7.43. The molecule has 3 nitrogen and oxygen atoms in total. The van der Waals surface area contributed by atoms with Crippen LogP contribution in [0.2, 0.25) is 0 Å². The van der Waals surface area contributed by atoms with Gasteiger partial charge in [-0.15, -0.1) is 0 Å². The molecule has 0 saturated carbocycles. The van der Waals surface area contributed by atoms with Crippen molar-refractivity contribution >= 4 is 17.6 Å². The lowest BCUT2D eigenvalue weighted by molar-refractivity contribution is 1.13. The second-order valence-electron chi connectivity index (χ2n) is 3.66. The number of nitrogens with one attached hydrogen (secondary N) is 1. The number of nitrogens with two attached hydrogens (primary N) is 1. The third-order valence-electron chi connectivity index (χ3n) is 2.35. The van der Waals surface area contributed by atoms with Gasteiger partial charge in [-0.2, -0.15) is 0 Å². The summed E-state index contributed by atoms with van der Waals surface area (Å²) < 4.78 is 0. The van der Waals surface area contributed by atoms with Crippen molar-refractivity contribution in [3.63, 3.8) is 0 Å². The topological polar surface area (TPSA) is 62.8 Å². The molecule has 86 valence electrons. The Kier molecular flexibility index (Phi) is 3.44. The van der Waals surface area contributed by atoms with E-state index >= 15 is 0 Å². The van der Waals surface area contributed by atoms with Crippen molar-refractivity contribution in [1.29, 1.82) is 5.41 Å². The summed E-state index contributed by atoms with van der Waals surface area (Å²) >= 11 is 1.60. The lowest BCUT2D eigenvalue weighted by Gasteiger charge is -2.06. The molecule has 4 heteroatoms. The summed E-state index contributed by atoms with van der Waals surface area (Å²) in [6.45, 7) is 1.96. The van der Waals surface area contributed by atoms with Gasteiger partial charge in [0.1, 0.15) is 10.9 Å². The molecular weight excluding hydrogens is 230 g/mol. The molecule has 17 heavy (non-hydrogen) atoms. The summed E-state index contributed by atoms with van der Waals surface area (Å²) in [5, 5.41) is 8.39. The van der Waals surface area contributed by atoms with Crippen molar-refractivity contribution in [2.45, 2.75) is 16.8 Å². The number of nitrogen functional groups attached to an aromatic ring is 1. The van der Waals surface area contributed by atoms with Crippen LogP contribution in [0, 0.1) is 12.3 Å². The highest BCUT2D eigenvalue weighted by molar-refractivity contribution is 7.99. The standard InChI is InChI=1S/C13H13N3S/c1-9-8-10(5-6-11(9)13(14)15)17-12-4-2-3-7-16-12/h2-8H,1H3,(H3,14,15). The average molecular weight is 243 g/mol. The number of nitrogens with zero attached hydrogens (tertiary/aromatic N) is 1. The summed E-state index contributed by atoms with van der Waals surface area (Å²) in [7, 11) is 0. The number of hydrogen-bond acceptors (Lipinski definition) is 3. The Labute approximate surface area is 105 Å². The molecule has 0 saturated heterocycles. The van der Waals surface area contributed by atoms with Crippen molar-refractivity contribution in [2.24, 2.45) is 5.73 Å². The van der Waals surface area contributed by atoms with Gasteiger partial charge >= 0.3 is 0 Å². The normalized spacial score (nSPS) is 10.2. The molecule has 0 radical (unpaired) electrons. The monoisotopic (exact) mass is 243 g/mol. The molecule has 0 amide bonds. The van der Waals surface area contributed by atoms with Crippen LogP contribution >= 0.6 is 11.8 Å². The molecule has 0 unspecified atom stereocenters. The van der Waals surface area contributed by atoms with Crippen molar-refractivity contribution in [2.75, 3.05) is 0 Å². The van der Waals surface area contributed by atoms with Crippen LogP contribution in [0.1, 0.15) is 11.1 Å². The molecule has 1 aromatic heterocycles. The summed E-state index contributed by atoms with van der Waals surface area (Å²) in [6, 6.07) is 11.7. The minimum Gasteiger partial charge on any atom is -0.384 e. The molecule has 0 aliphatic carbocycles. The molecule has 0 aliphatic rings. The van der Waals surface area contributed by atoms with E-state index in [0.29, 0.717) is 0 Å². The van der Waals surface area contributed by atoms with Crippen LogP contribution in [0.25, 0.3) is 0 Å². The lowest BCUT2D eigenvalue weighted by Crippen LogP contribution is -2.12. The van der Waals surface area contributed by atoms with Crippen molar-refractivity contribution in [1.82, 2.24) is 4.98 Å². The molecule has 0 bridgehead atoms. The van der Waals surface area contributed by atoms with Gasteiger partial charge in [-0.1, -0.05) is 17.8 Å². The first-order valence-corrected chi connectivity index (χ1v) is 6.02. The first-order chi connectivity index (χ1) is 8.16. The minimum atomic E-state index is 0.108. The van der Waals surface area contributed by atoms with E-state index in [1.54, 1.807) is 18.0 Å². The molecule has 0 fully saturated rings. The van der Waals surface area contributed by atoms with Crippen LogP contribution < -0.4 is 5.73 Å². The largest absolute Gasteiger partial charge is 0.384 e. The smallest absolute Gasteiger partial charge is 0.123 e. The Hall–Kier alpha value is -1.81. The third kappa shape index (κ3) is 2.85. The fraction of sp³-hybridized carbons (Fsp3) is 0.0769. The van der Waals surface area contributed by atoms with E-state index in [0.717, 1.165) is 21.0 Å². The summed E-state index contributed by atoms with van der Waals surface area (Å²) in [5.41, 5.74) is 7.28. The quantitative estimate of drug-likeness (QED) is 0.643. The van der Waals surface area contributed by atoms with Gasteiger partial charge < -0.3 is 5.73 Å². The predicted molar refractivity (Wildman–Crippen MR) is 70.6 cm³/mol. The van der Waals surface area contributed by atoms with E-state index in [1.165, 1.54) is 0 Å². The molecule has 1 heterocycles. The van der Waals surface area contributed by atoms with Crippen LogP contribution in [0.4, 0.5) is 0 Å². The Morgan fingerprint density at radius 1 is 1.29 bits per heavy atom. The zero-order chi connectivity index (χ0) is 12.3. The van der Waals surface area contributed by atoms with Gasteiger partial charge in [0.05, 0.1) is 0 Å². The van der Waals surface area contributed by atoms with Crippen LogP contribution in [0.3, 0.4) is 0 Å². The number of aryl methyl sites for hydroxylation is 1. The number of rotatable bonds is 3. The van der Waals surface area contributed by atoms with E-state index in [4.69, 9.17) is 11.1 Å². The maximum absolute atomic E-state index is 7.43. The highest BCUT2D eigenvalue weighted by Gasteiger charge is 2.04. The van der Waals surface area contributed by atoms with Crippen molar-refractivity contribution in [3.05, 3.63) is 53.7 Å². The summed E-state index contributed by atoms with van der Waals surface area (Å²) in [4.78, 5) is 5.36. The molecule has 0 spiro atoms. The first-order valence-electron chi connectivity index (χ1n) is 5.21. The fourth-order valence-corrected chi connectivity index (χ4v) is 2.40. The van der Waals surface area contributed by atoms with E-state index in [2.05, 4.69) is 4.98 Å². The van der Waals surface area contributed by atoms with Gasteiger partial charge in [0, 0.05) is 16.7 Å². The number of aromatic nitrogens is 1. The van der Waals surface area contributed by atoms with Crippen LogP contribution in [-0.2, 0) is 0 Å². The Morgan fingerprint density at radius 2 is 2.12 bits per heavy atom. The Bertz CT molecular complexity index is 538. The molecule has 3 N–H and O–H groups in total. The van der Waals surface area contributed by atoms with Gasteiger partial charge in [-0.3, -0.25) is 5.41 Å². The predicted octanol–water partition coefficient (Wildman–Crippen LogP) is 2.83. The number of benzene rings is 1. The average Bonchev–Trinajstić information content (AvgIpc) is 2.30. The van der Waals surface area contributed by atoms with E-state index < -0.39 is 0 Å². The molecule has 0 atom stereocenters. The minimum absolute atomic E-state index is 0.108. The third-order valence-corrected chi connectivity index (χ3v) is 3.29. The fourth-order valence-electron chi connectivity index (χ4n) is 1.53. The zero-order valence-electron chi connectivity index (χ0n) is 9.47. The second kappa shape index (κ2) is 5.01. The van der Waals surface area contributed by atoms with E-state index in [1.807, 2.05) is 43.3 Å². The van der Waals surface area contributed by atoms with E-state index in [9.17, 15) is 0 Å². The number of amidine groups is 1. The highest BCUT2D eigenvalue weighted by atomic mass is 32.2. The summed E-state index contributed by atoms with van der Waals surface area (Å²) in [5.74, 6) is 0.108. The molecule has 2 aromatic rings. The van der Waals surface area contributed by atoms with E-state index in [-0.39, 0.29) is 5.84 Å². The van der Waals surface area contributed by atoms with Crippen LogP contribution in [0.5, 0.6) is 0 Å². The number of pyridine rings is 1. The first kappa shape index (κ1) is 11.7. The summed E-state index contributed by atoms with van der Waals surface area (Å²) in [6.07, 6.45) is 1.78. The molecular formula is C13H13N3S. The van der Waals surface area contributed by atoms with Crippen LogP contribution in [-0.4, -0.2) is 10.8 Å². The van der Waals surface area contributed by atoms with Crippen molar-refractivity contribution < 1.29 is 0 Å². The zero-order valence-corrected chi connectivity index (χ0v) is 10.3. The van der Waals surface area contributed by atoms with Gasteiger partial charge in [-0.05, 0) is 42.8 Å². The Morgan fingerprint density at radius 3 is 2.71 bits per heavy atom. The van der Waals surface area contributed by atoms with Gasteiger partial charge in [-0.25, -0.2) is 4.98 Å². The van der Waals surface area contributed by atoms with Crippen molar-refractivity contribution in [3.8, 4) is 0 Å². The number of hydrogen-bond donors (Lipinski definition) is 2. The van der Waals surface area contributed by atoms with Gasteiger partial charge in [0.15, 0.2) is 0 Å². The lowest BCUT2D eigenvalue weighted by atomic mass is 10.1. The second-order valence-corrected chi connectivity index (χ2v) is 4.75. The molecule has 1 aromatic carbocycles. The molecule has 0 aliphatic heterocycles.